The number of carbonyl (C=O) groups excluding carboxylic acids is 1. The Hall–Kier alpha value is -3.91. The number of carboxylic acid groups (broad SMARTS) is 1. The fraction of sp³-hybridized carbons (Fsp3) is 0.200. The number of carbonyl (C=O) groups is 2. The number of likely N-dealkylation sites (N-methyl/N-ethyl adjacent to an activating group) is 1. The molecule has 1 aliphatic rings. The van der Waals surface area contributed by atoms with Crippen molar-refractivity contribution in [2.45, 2.75) is 19.6 Å². The zero-order valence-electron chi connectivity index (χ0n) is 19.3. The van der Waals surface area contributed by atoms with Crippen molar-refractivity contribution in [1.29, 1.82) is 0 Å². The van der Waals surface area contributed by atoms with Gasteiger partial charge in [-0.2, -0.15) is 0 Å². The molecule has 3 heterocycles. The Morgan fingerprint density at radius 1 is 1.22 bits per heavy atom. The maximum atomic E-state index is 15.2. The van der Waals surface area contributed by atoms with Crippen molar-refractivity contribution in [3.8, 4) is 5.75 Å². The molecule has 0 bridgehead atoms. The first-order chi connectivity index (χ1) is 17.4. The maximum absolute atomic E-state index is 15.2. The van der Waals surface area contributed by atoms with Gasteiger partial charge in [-0.25, -0.2) is 0 Å². The quantitative estimate of drug-likeness (QED) is 0.355. The van der Waals surface area contributed by atoms with E-state index in [0.29, 0.717) is 17.3 Å². The predicted octanol–water partition coefficient (Wildman–Crippen LogP) is 1.91. The van der Waals surface area contributed by atoms with Crippen LogP contribution in [0.4, 0.5) is 14.9 Å². The summed E-state index contributed by atoms with van der Waals surface area (Å²) in [5.41, 5.74) is 1.66. The van der Waals surface area contributed by atoms with E-state index in [2.05, 4.69) is 15.4 Å². The van der Waals surface area contributed by atoms with E-state index in [1.54, 1.807) is 28.8 Å². The number of hydrogen-bond donors (Lipinski definition) is 2. The Morgan fingerprint density at radius 2 is 2.03 bits per heavy atom. The minimum absolute atomic E-state index is 0.0204. The Labute approximate surface area is 212 Å². The van der Waals surface area contributed by atoms with E-state index in [-0.39, 0.29) is 30.5 Å². The van der Waals surface area contributed by atoms with Crippen molar-refractivity contribution in [2.75, 3.05) is 18.9 Å². The molecule has 0 spiro atoms. The number of amides is 2. The fourth-order valence-electron chi connectivity index (χ4n) is 3.97. The number of fused-ring (bicyclic) bond motifs is 2. The van der Waals surface area contributed by atoms with E-state index in [4.69, 9.17) is 4.74 Å². The number of nitrogens with zero attached hydrogens (tertiary/aromatic N) is 4. The van der Waals surface area contributed by atoms with Gasteiger partial charge in [-0.3, -0.25) is 0 Å². The first-order valence-corrected chi connectivity index (χ1v) is 13.1. The van der Waals surface area contributed by atoms with E-state index < -0.39 is 27.7 Å². The predicted molar refractivity (Wildman–Crippen MR) is 133 cm³/mol. The van der Waals surface area contributed by atoms with Crippen molar-refractivity contribution in [2.24, 2.45) is 0 Å². The molecule has 2 aromatic heterocycles. The van der Waals surface area contributed by atoms with Gasteiger partial charge in [0.05, 0.1) is 0 Å². The topological polar surface area (TPSA) is 110 Å². The average molecular weight is 550 g/mol. The number of nitrogens with one attached hydrogen (secondary N) is 1. The van der Waals surface area contributed by atoms with Gasteiger partial charge in [-0.1, -0.05) is 0 Å². The Balaban J connectivity index is 1.45. The molecule has 9 nitrogen and oxygen atoms in total. The van der Waals surface area contributed by atoms with Crippen LogP contribution in [0.3, 0.4) is 0 Å². The van der Waals surface area contributed by atoms with Gasteiger partial charge >= 0.3 is 213 Å². The molecule has 2 aromatic carbocycles. The molecule has 0 saturated carbocycles. The van der Waals surface area contributed by atoms with Crippen LogP contribution in [0.2, 0.25) is 0 Å². The Bertz CT molecular complexity index is 1460. The second-order valence-corrected chi connectivity index (χ2v) is 10.8. The van der Waals surface area contributed by atoms with E-state index >= 15 is 4.39 Å². The van der Waals surface area contributed by atoms with Gasteiger partial charge in [0, 0.05) is 0 Å². The molecule has 2 N–H and O–H groups in total. The molecule has 0 unspecified atom stereocenters. The number of pyridine rings is 1. The number of rotatable bonds is 6. The first-order valence-electron chi connectivity index (χ1n) is 11.2. The van der Waals surface area contributed by atoms with Crippen LogP contribution < -0.4 is 19.0 Å². The monoisotopic (exact) mass is 550 g/mol. The molecule has 11 heteroatoms. The summed E-state index contributed by atoms with van der Waals surface area (Å²) in [6.07, 6.45) is 0.813. The van der Waals surface area contributed by atoms with Crippen LogP contribution in [0.25, 0.3) is 10.8 Å². The summed E-state index contributed by atoms with van der Waals surface area (Å²) < 4.78 is 24.3. The normalized spacial score (nSPS) is 13.7. The molecule has 183 valence electrons. The van der Waals surface area contributed by atoms with Gasteiger partial charge in [0.2, 0.25) is 0 Å². The molecule has 5 rings (SSSR count). The third-order valence-corrected chi connectivity index (χ3v) is 7.81. The molecular weight excluding hydrogens is 528 g/mol. The SMILES string of the molecule is CN1CCc2cc([As]c3cc4cc(OCc5ccccc5)c(F)c(NC(=O)O)c4cn3)nn2CC1=O. The van der Waals surface area contributed by atoms with Crippen LogP contribution in [0.15, 0.2) is 54.7 Å². The Kier molecular flexibility index (Phi) is 6.61. The standard InChI is InChI=1S/C25H22AsFN5O4/c1-31-8-7-17-11-21(30-32(17)13-22(31)33)26-20-10-16-9-19(36-14-15-5-3-2-4-6-15)23(27)24(29-25(34)35)18(16)12-28-20/h2-6,9-12,29H,7-8,13-14H2,1H3,(H,34,35). The summed E-state index contributed by atoms with van der Waals surface area (Å²) in [6, 6.07) is 14.7. The third kappa shape index (κ3) is 5.04. The molecule has 1 aliphatic heterocycles. The third-order valence-electron chi connectivity index (χ3n) is 5.88. The van der Waals surface area contributed by atoms with Crippen LogP contribution in [-0.4, -0.2) is 66.1 Å². The van der Waals surface area contributed by atoms with Crippen molar-refractivity contribution in [1.82, 2.24) is 19.7 Å². The summed E-state index contributed by atoms with van der Waals surface area (Å²) in [5.74, 6) is -0.831. The van der Waals surface area contributed by atoms with Crippen LogP contribution in [0, 0.1) is 5.82 Å². The second kappa shape index (κ2) is 9.99. The van der Waals surface area contributed by atoms with Crippen molar-refractivity contribution < 1.29 is 23.8 Å². The number of anilines is 1. The minimum atomic E-state index is -1.38. The van der Waals surface area contributed by atoms with E-state index in [1.807, 2.05) is 36.4 Å². The molecule has 0 atom stereocenters. The fourth-order valence-corrected chi connectivity index (χ4v) is 5.90. The van der Waals surface area contributed by atoms with E-state index in [9.17, 15) is 14.7 Å². The van der Waals surface area contributed by atoms with Crippen LogP contribution in [0.5, 0.6) is 5.75 Å². The van der Waals surface area contributed by atoms with Crippen LogP contribution in [-0.2, 0) is 24.4 Å². The summed E-state index contributed by atoms with van der Waals surface area (Å²) >= 11 is -0.614. The molecule has 0 aliphatic carbocycles. The molecule has 4 aromatic rings. The summed E-state index contributed by atoms with van der Waals surface area (Å²) in [5, 5.41) is 17.0. The van der Waals surface area contributed by atoms with Crippen molar-refractivity contribution in [3.63, 3.8) is 0 Å². The van der Waals surface area contributed by atoms with Gasteiger partial charge in [-0.15, -0.1) is 0 Å². The number of aromatic nitrogens is 3. The first kappa shape index (κ1) is 23.8. The van der Waals surface area contributed by atoms with Crippen LogP contribution >= 0.6 is 0 Å². The van der Waals surface area contributed by atoms with Crippen molar-refractivity contribution >= 4 is 53.2 Å². The summed E-state index contributed by atoms with van der Waals surface area (Å²) in [7, 11) is 1.79. The number of benzene rings is 2. The van der Waals surface area contributed by atoms with Gasteiger partial charge in [-0.05, 0) is 0 Å². The number of hydrogen-bond acceptors (Lipinski definition) is 5. The molecule has 2 amide bonds. The second-order valence-electron chi connectivity index (χ2n) is 8.36. The van der Waals surface area contributed by atoms with Gasteiger partial charge in [0.1, 0.15) is 0 Å². The summed E-state index contributed by atoms with van der Waals surface area (Å²) in [4.78, 5) is 29.7. The van der Waals surface area contributed by atoms with E-state index in [1.165, 1.54) is 6.20 Å². The van der Waals surface area contributed by atoms with Crippen molar-refractivity contribution in [3.05, 3.63) is 71.8 Å². The van der Waals surface area contributed by atoms with Crippen LogP contribution in [0.1, 0.15) is 11.3 Å². The molecule has 0 saturated heterocycles. The average Bonchev–Trinajstić information content (AvgIpc) is 3.18. The van der Waals surface area contributed by atoms with Gasteiger partial charge < -0.3 is 0 Å². The number of halogens is 1. The summed E-state index contributed by atoms with van der Waals surface area (Å²) in [6.45, 7) is 0.989. The molecule has 36 heavy (non-hydrogen) atoms. The zero-order valence-corrected chi connectivity index (χ0v) is 21.2. The Morgan fingerprint density at radius 3 is 2.81 bits per heavy atom. The van der Waals surface area contributed by atoms with E-state index in [0.717, 1.165) is 26.6 Å². The number of ether oxygens (including phenoxy) is 1. The molecule has 1 radical (unpaired) electrons. The zero-order chi connectivity index (χ0) is 25.2. The van der Waals surface area contributed by atoms with Gasteiger partial charge in [0.25, 0.3) is 0 Å². The molecular formula is C25H22AsFN5O4. The molecule has 0 fully saturated rings. The van der Waals surface area contributed by atoms with Gasteiger partial charge in [0.15, 0.2) is 0 Å².